The molecule has 0 radical (unpaired) electrons. The van der Waals surface area contributed by atoms with Crippen molar-refractivity contribution in [3.8, 4) is 17.5 Å². The van der Waals surface area contributed by atoms with Gasteiger partial charge in [0.1, 0.15) is 5.82 Å². The second-order valence-electron chi connectivity index (χ2n) is 11.4. The zero-order valence-corrected chi connectivity index (χ0v) is 24.1. The summed E-state index contributed by atoms with van der Waals surface area (Å²) in [6.07, 6.45) is 1.89. The van der Waals surface area contributed by atoms with Gasteiger partial charge in [0.15, 0.2) is 5.82 Å². The van der Waals surface area contributed by atoms with Gasteiger partial charge in [0.2, 0.25) is 5.91 Å². The number of nitrogens with two attached hydrogens (primary N) is 1. The first-order chi connectivity index (χ1) is 19.3. The summed E-state index contributed by atoms with van der Waals surface area (Å²) in [7, 11) is 0. The lowest BCUT2D eigenvalue weighted by Gasteiger charge is -2.42. The molecular formula is C29H36N8O2S. The van der Waals surface area contributed by atoms with Crippen LogP contribution in [0.2, 0.25) is 0 Å². The van der Waals surface area contributed by atoms with Crippen LogP contribution in [0.1, 0.15) is 37.9 Å². The summed E-state index contributed by atoms with van der Waals surface area (Å²) in [5.41, 5.74) is 8.48. The van der Waals surface area contributed by atoms with Crippen molar-refractivity contribution in [3.63, 3.8) is 0 Å². The van der Waals surface area contributed by atoms with E-state index in [4.69, 9.17) is 20.4 Å². The third-order valence-corrected chi connectivity index (χ3v) is 10.2. The van der Waals surface area contributed by atoms with Crippen LogP contribution in [-0.2, 0) is 9.53 Å². The number of rotatable bonds is 6. The summed E-state index contributed by atoms with van der Waals surface area (Å²) in [4.78, 5) is 33.7. The zero-order chi connectivity index (χ0) is 28.0. The van der Waals surface area contributed by atoms with E-state index in [2.05, 4.69) is 32.7 Å². The molecule has 1 amide bonds. The highest BCUT2D eigenvalue weighted by Gasteiger charge is 2.39. The van der Waals surface area contributed by atoms with Crippen LogP contribution >= 0.6 is 11.8 Å². The van der Waals surface area contributed by atoms with E-state index < -0.39 is 5.54 Å². The van der Waals surface area contributed by atoms with Gasteiger partial charge in [0.05, 0.1) is 41.0 Å². The lowest BCUT2D eigenvalue weighted by molar-refractivity contribution is -0.129. The molecule has 2 fully saturated rings. The van der Waals surface area contributed by atoms with E-state index in [0.29, 0.717) is 29.9 Å². The molecule has 11 heteroatoms. The number of H-pyrrole nitrogens is 1. The van der Waals surface area contributed by atoms with Crippen molar-refractivity contribution in [1.82, 2.24) is 24.8 Å². The second kappa shape index (κ2) is 10.7. The number of anilines is 1. The summed E-state index contributed by atoms with van der Waals surface area (Å²) in [6, 6.07) is 8.08. The van der Waals surface area contributed by atoms with Gasteiger partial charge in [-0.05, 0) is 32.0 Å². The Morgan fingerprint density at radius 1 is 1.20 bits per heavy atom. The predicted octanol–water partition coefficient (Wildman–Crippen LogP) is 2.79. The summed E-state index contributed by atoms with van der Waals surface area (Å²) in [5, 5.41) is 11.0. The lowest BCUT2D eigenvalue weighted by Crippen LogP contribution is -2.60. The van der Waals surface area contributed by atoms with E-state index >= 15 is 0 Å². The summed E-state index contributed by atoms with van der Waals surface area (Å²) in [6.45, 7) is 13.4. The molecule has 1 aromatic carbocycles. The average molecular weight is 561 g/mol. The molecule has 10 nitrogen and oxygen atoms in total. The largest absolute Gasteiger partial charge is 0.378 e. The number of nitriles is 1. The van der Waals surface area contributed by atoms with Gasteiger partial charge in [-0.15, -0.1) is 11.8 Å². The molecule has 2 unspecified atom stereocenters. The van der Waals surface area contributed by atoms with Crippen molar-refractivity contribution < 1.29 is 9.53 Å². The number of fused-ring (bicyclic) bond motifs is 2. The van der Waals surface area contributed by atoms with Crippen LogP contribution in [0.4, 0.5) is 5.82 Å². The molecule has 5 heterocycles. The molecule has 3 N–H and O–H groups in total. The van der Waals surface area contributed by atoms with Crippen LogP contribution in [-0.4, -0.2) is 100 Å². The topological polar surface area (TPSA) is 127 Å². The Hall–Kier alpha value is -3.17. The fourth-order valence-corrected chi connectivity index (χ4v) is 7.48. The maximum atomic E-state index is 12.0. The van der Waals surface area contributed by atoms with Gasteiger partial charge in [0.25, 0.3) is 0 Å². The van der Waals surface area contributed by atoms with Crippen LogP contribution in [0.15, 0.2) is 29.3 Å². The highest BCUT2D eigenvalue weighted by molar-refractivity contribution is 8.00. The molecular weight excluding hydrogens is 524 g/mol. The van der Waals surface area contributed by atoms with Crippen molar-refractivity contribution in [2.75, 3.05) is 63.9 Å². The quantitative estimate of drug-likeness (QED) is 0.468. The Labute approximate surface area is 238 Å². The van der Waals surface area contributed by atoms with Crippen LogP contribution in [0.3, 0.4) is 0 Å². The number of aromatic amines is 1. The van der Waals surface area contributed by atoms with Crippen molar-refractivity contribution in [3.05, 3.63) is 35.7 Å². The molecule has 2 atom stereocenters. The van der Waals surface area contributed by atoms with E-state index in [1.54, 1.807) is 0 Å². The molecule has 0 bridgehead atoms. The van der Waals surface area contributed by atoms with Gasteiger partial charge in [-0.1, -0.05) is 6.92 Å². The van der Waals surface area contributed by atoms with E-state index in [-0.39, 0.29) is 11.8 Å². The highest BCUT2D eigenvalue weighted by atomic mass is 32.2. The average Bonchev–Trinajstić information content (AvgIpc) is 3.57. The monoisotopic (exact) mass is 560 g/mol. The van der Waals surface area contributed by atoms with E-state index in [0.717, 1.165) is 73.8 Å². The van der Waals surface area contributed by atoms with Gasteiger partial charge >= 0.3 is 0 Å². The summed E-state index contributed by atoms with van der Waals surface area (Å²) in [5.74, 6) is 1.60. The minimum Gasteiger partial charge on any atom is -0.378 e. The molecule has 6 rings (SSSR count). The van der Waals surface area contributed by atoms with Crippen LogP contribution in [0.25, 0.3) is 22.3 Å². The number of thioether (sulfide) groups is 1. The minimum absolute atomic E-state index is 0.238. The molecule has 3 aliphatic heterocycles. The first-order valence-electron chi connectivity index (χ1n) is 14.0. The van der Waals surface area contributed by atoms with Crippen molar-refractivity contribution in [2.45, 2.75) is 42.4 Å². The molecule has 0 spiro atoms. The first-order valence-corrected chi connectivity index (χ1v) is 14.8. The number of nitrogens with zero attached hydrogens (tertiary/aromatic N) is 6. The molecule has 0 aliphatic carbocycles. The Kier molecular flexibility index (Phi) is 7.21. The number of amides is 1. The van der Waals surface area contributed by atoms with Crippen LogP contribution < -0.4 is 10.6 Å². The minimum atomic E-state index is -0.634. The Bertz CT molecular complexity index is 1470. The van der Waals surface area contributed by atoms with Crippen LogP contribution in [0.5, 0.6) is 0 Å². The van der Waals surface area contributed by atoms with E-state index in [1.165, 1.54) is 4.90 Å². The molecule has 3 aromatic rings. The SMILES string of the molecule is CC1c2nc(-c3cc(C#N)cc4[nH]ccc34)nc(N3CCOCC3)c2SC1CN1CCN(C(C)(C)C(N)=O)CC1. The smallest absolute Gasteiger partial charge is 0.237 e. The number of morpholine rings is 1. The summed E-state index contributed by atoms with van der Waals surface area (Å²) < 4.78 is 5.65. The predicted molar refractivity (Wildman–Crippen MR) is 156 cm³/mol. The number of piperazine rings is 1. The molecule has 2 aromatic heterocycles. The number of benzene rings is 1. The molecule has 3 aliphatic rings. The number of carbonyl (C=O) groups excluding carboxylic acids is 1. The lowest BCUT2D eigenvalue weighted by atomic mass is 9.99. The zero-order valence-electron chi connectivity index (χ0n) is 23.3. The Morgan fingerprint density at radius 3 is 2.65 bits per heavy atom. The highest BCUT2D eigenvalue weighted by Crippen LogP contribution is 2.49. The fraction of sp³-hybridized carbons (Fsp3) is 0.517. The van der Waals surface area contributed by atoms with E-state index in [1.807, 2.05) is 50.0 Å². The third kappa shape index (κ3) is 4.83. The number of hydrogen-bond donors (Lipinski definition) is 2. The first kappa shape index (κ1) is 27.0. The Balaban J connectivity index is 1.30. The fourth-order valence-electron chi connectivity index (χ4n) is 5.93. The maximum Gasteiger partial charge on any atom is 0.237 e. The maximum absolute atomic E-state index is 12.0. The molecule has 210 valence electrons. The van der Waals surface area contributed by atoms with Crippen molar-refractivity contribution in [1.29, 1.82) is 5.26 Å². The molecule has 40 heavy (non-hydrogen) atoms. The standard InChI is InChI=1S/C29H36N8O2S/c1-18-23(17-35-6-8-37(9-7-35)29(2,3)28(31)38)40-25-24(18)33-26(34-27(25)36-10-12-39-13-11-36)21-14-19(16-30)15-22-20(21)4-5-32-22/h4-5,14-15,18,23,32H,6-13,17H2,1-3H3,(H2,31,38). The second-order valence-corrected chi connectivity index (χ2v) is 12.7. The van der Waals surface area contributed by atoms with Crippen LogP contribution in [0, 0.1) is 11.3 Å². The van der Waals surface area contributed by atoms with E-state index in [9.17, 15) is 10.1 Å². The van der Waals surface area contributed by atoms with Gasteiger partial charge in [-0.2, -0.15) is 5.26 Å². The number of primary amides is 1. The number of nitrogens with one attached hydrogen (secondary N) is 1. The number of aromatic nitrogens is 3. The van der Waals surface area contributed by atoms with Gasteiger partial charge in [-0.3, -0.25) is 14.6 Å². The molecule has 0 saturated carbocycles. The molecule has 2 saturated heterocycles. The van der Waals surface area contributed by atoms with Gasteiger partial charge in [0, 0.05) is 79.6 Å². The van der Waals surface area contributed by atoms with Gasteiger partial charge < -0.3 is 20.4 Å². The number of carbonyl (C=O) groups is 1. The number of ether oxygens (including phenoxy) is 1. The summed E-state index contributed by atoms with van der Waals surface area (Å²) >= 11 is 1.89. The van der Waals surface area contributed by atoms with Crippen molar-refractivity contribution >= 4 is 34.4 Å². The number of hydrogen-bond acceptors (Lipinski definition) is 9. The third-order valence-electron chi connectivity index (χ3n) is 8.69. The van der Waals surface area contributed by atoms with Crippen molar-refractivity contribution in [2.24, 2.45) is 5.73 Å². The Morgan fingerprint density at radius 2 is 1.95 bits per heavy atom. The van der Waals surface area contributed by atoms with Gasteiger partial charge in [-0.25, -0.2) is 9.97 Å². The normalized spacial score (nSPS) is 22.4.